The fourth-order valence-electron chi connectivity index (χ4n) is 2.76. The molecule has 0 aliphatic heterocycles. The van der Waals surface area contributed by atoms with Gasteiger partial charge in [-0.3, -0.25) is 0 Å². The van der Waals surface area contributed by atoms with Crippen LogP contribution in [0.2, 0.25) is 0 Å². The summed E-state index contributed by atoms with van der Waals surface area (Å²) in [7, 11) is 0. The largest absolute Gasteiger partial charge is 0.489 e. The molecule has 0 saturated carbocycles. The summed E-state index contributed by atoms with van der Waals surface area (Å²) < 4.78 is 7.65. The van der Waals surface area contributed by atoms with E-state index in [9.17, 15) is 9.90 Å². The molecule has 1 heterocycles. The van der Waals surface area contributed by atoms with E-state index in [4.69, 9.17) is 11.2 Å². The van der Waals surface area contributed by atoms with Crippen LogP contribution in [-0.4, -0.2) is 15.6 Å². The van der Waals surface area contributed by atoms with Gasteiger partial charge in [-0.15, -0.1) is 6.42 Å². The van der Waals surface area contributed by atoms with Gasteiger partial charge in [-0.25, -0.2) is 4.79 Å². The number of terminal acetylenes is 1. The van der Waals surface area contributed by atoms with Crippen molar-refractivity contribution in [1.82, 2.24) is 4.57 Å². The number of carbonyl (C=O) groups is 1. The minimum absolute atomic E-state index is 0.146. The third kappa shape index (κ3) is 4.10. The number of hydrogen-bond acceptors (Lipinski definition) is 2. The summed E-state index contributed by atoms with van der Waals surface area (Å²) in [6.07, 6.45) is 10.4. The van der Waals surface area contributed by atoms with Crippen molar-refractivity contribution in [3.63, 3.8) is 0 Å². The number of allylic oxidation sites excluding steroid dienone is 2. The van der Waals surface area contributed by atoms with E-state index in [1.165, 1.54) is 12.2 Å². The zero-order valence-electron chi connectivity index (χ0n) is 14.9. The second-order valence-corrected chi connectivity index (χ2v) is 5.90. The smallest absolute Gasteiger partial charge is 0.335 e. The van der Waals surface area contributed by atoms with Crippen LogP contribution in [0.1, 0.15) is 12.5 Å². The van der Waals surface area contributed by atoms with E-state index >= 15 is 0 Å². The molecular formula is C23H19NO3. The molecule has 4 heteroatoms. The molecule has 1 aromatic heterocycles. The molecule has 0 amide bonds. The van der Waals surface area contributed by atoms with E-state index in [0.717, 1.165) is 22.2 Å². The number of nitrogens with zero attached hydrogens (tertiary/aromatic N) is 1. The van der Waals surface area contributed by atoms with Gasteiger partial charge in [0.25, 0.3) is 0 Å². The highest BCUT2D eigenvalue weighted by molar-refractivity contribution is 5.94. The standard InChI is InChI=1S/C23H19NO3/c1-3-18(23(25)26)14-20(4-2)24-13-12-19-15-21(10-11-22(19)24)27-16-17-8-6-5-7-9-17/h2-3,5-15H,16H2,1H3,(H,25,26)/b18-3+,20-14+. The molecule has 0 aliphatic rings. The van der Waals surface area contributed by atoms with Crippen LogP contribution in [0.25, 0.3) is 16.6 Å². The third-order valence-electron chi connectivity index (χ3n) is 4.17. The number of fused-ring (bicyclic) bond motifs is 1. The molecule has 1 N–H and O–H groups in total. The Balaban J connectivity index is 1.88. The molecule has 0 unspecified atom stereocenters. The average molecular weight is 357 g/mol. The molecule has 3 aromatic rings. The van der Waals surface area contributed by atoms with Gasteiger partial charge in [0.15, 0.2) is 0 Å². The summed E-state index contributed by atoms with van der Waals surface area (Å²) in [5.41, 5.74) is 2.58. The summed E-state index contributed by atoms with van der Waals surface area (Å²) in [6, 6.07) is 17.6. The van der Waals surface area contributed by atoms with Crippen LogP contribution in [0.15, 0.2) is 78.5 Å². The Morgan fingerprint density at radius 1 is 1.22 bits per heavy atom. The summed E-state index contributed by atoms with van der Waals surface area (Å²) in [5, 5.41) is 10.2. The van der Waals surface area contributed by atoms with Crippen molar-refractivity contribution in [1.29, 1.82) is 0 Å². The van der Waals surface area contributed by atoms with Gasteiger partial charge in [-0.2, -0.15) is 0 Å². The SMILES string of the molecule is C#C/C(=C\C(=C/C)C(=O)O)n1ccc2cc(OCc3ccccc3)ccc21. The molecule has 134 valence electrons. The molecule has 2 aromatic carbocycles. The van der Waals surface area contributed by atoms with Gasteiger partial charge >= 0.3 is 5.97 Å². The number of carboxylic acids is 1. The first-order valence-electron chi connectivity index (χ1n) is 8.48. The number of aromatic nitrogens is 1. The fraction of sp³-hybridized carbons (Fsp3) is 0.0870. The summed E-state index contributed by atoms with van der Waals surface area (Å²) in [6.45, 7) is 2.16. The molecule has 27 heavy (non-hydrogen) atoms. The van der Waals surface area contributed by atoms with Crippen molar-refractivity contribution in [2.45, 2.75) is 13.5 Å². The number of hydrogen-bond donors (Lipinski definition) is 1. The number of carboxylic acid groups (broad SMARTS) is 1. The Hall–Kier alpha value is -3.71. The highest BCUT2D eigenvalue weighted by Gasteiger charge is 2.09. The van der Waals surface area contributed by atoms with Crippen LogP contribution in [0, 0.1) is 12.3 Å². The van der Waals surface area contributed by atoms with Gasteiger partial charge < -0.3 is 14.4 Å². The van der Waals surface area contributed by atoms with Gasteiger partial charge in [0.1, 0.15) is 12.4 Å². The Labute approximate surface area is 158 Å². The van der Waals surface area contributed by atoms with E-state index in [2.05, 4.69) is 5.92 Å². The predicted octanol–water partition coefficient (Wildman–Crippen LogP) is 4.73. The van der Waals surface area contributed by atoms with Crippen LogP contribution < -0.4 is 4.74 Å². The third-order valence-corrected chi connectivity index (χ3v) is 4.17. The lowest BCUT2D eigenvalue weighted by Gasteiger charge is -2.08. The maximum absolute atomic E-state index is 11.2. The van der Waals surface area contributed by atoms with E-state index in [1.54, 1.807) is 11.5 Å². The Morgan fingerprint density at radius 3 is 2.67 bits per heavy atom. The first kappa shape index (κ1) is 18.1. The number of rotatable bonds is 6. The first-order chi connectivity index (χ1) is 13.1. The molecule has 0 radical (unpaired) electrons. The van der Waals surface area contributed by atoms with E-state index in [0.29, 0.717) is 12.3 Å². The molecule has 3 rings (SSSR count). The van der Waals surface area contributed by atoms with Crippen LogP contribution in [0.5, 0.6) is 5.75 Å². The highest BCUT2D eigenvalue weighted by atomic mass is 16.5. The van der Waals surface area contributed by atoms with Crippen LogP contribution in [0.4, 0.5) is 0 Å². The minimum Gasteiger partial charge on any atom is -0.489 e. The molecule has 0 spiro atoms. The lowest BCUT2D eigenvalue weighted by molar-refractivity contribution is -0.132. The average Bonchev–Trinajstić information content (AvgIpc) is 3.11. The van der Waals surface area contributed by atoms with E-state index < -0.39 is 5.97 Å². The highest BCUT2D eigenvalue weighted by Crippen LogP contribution is 2.25. The van der Waals surface area contributed by atoms with E-state index in [-0.39, 0.29) is 5.57 Å². The second-order valence-electron chi connectivity index (χ2n) is 5.90. The van der Waals surface area contributed by atoms with Crippen LogP contribution >= 0.6 is 0 Å². The maximum Gasteiger partial charge on any atom is 0.335 e. The lowest BCUT2D eigenvalue weighted by atomic mass is 10.2. The normalized spacial score (nSPS) is 12.0. The first-order valence-corrected chi connectivity index (χ1v) is 8.48. The van der Waals surface area contributed by atoms with Crippen molar-refractivity contribution in [2.24, 2.45) is 0 Å². The van der Waals surface area contributed by atoms with Crippen molar-refractivity contribution in [2.75, 3.05) is 0 Å². The molecular weight excluding hydrogens is 338 g/mol. The fourth-order valence-corrected chi connectivity index (χ4v) is 2.76. The molecule has 0 atom stereocenters. The van der Waals surface area contributed by atoms with Gasteiger partial charge in [-0.1, -0.05) is 42.3 Å². The monoisotopic (exact) mass is 357 g/mol. The van der Waals surface area contributed by atoms with Crippen molar-refractivity contribution in [3.8, 4) is 18.1 Å². The van der Waals surface area contributed by atoms with Crippen molar-refractivity contribution < 1.29 is 14.6 Å². The lowest BCUT2D eigenvalue weighted by Crippen LogP contribution is -2.01. The molecule has 0 saturated heterocycles. The number of aliphatic carboxylic acids is 1. The van der Waals surface area contributed by atoms with Gasteiger partial charge in [0.2, 0.25) is 0 Å². The molecule has 0 aliphatic carbocycles. The summed E-state index contributed by atoms with van der Waals surface area (Å²) in [5.74, 6) is 2.31. The Kier molecular flexibility index (Phi) is 5.44. The zero-order chi connectivity index (χ0) is 19.2. The van der Waals surface area contributed by atoms with Crippen LogP contribution in [-0.2, 0) is 11.4 Å². The van der Waals surface area contributed by atoms with Crippen molar-refractivity contribution >= 4 is 22.6 Å². The number of ether oxygens (including phenoxy) is 1. The van der Waals surface area contributed by atoms with Gasteiger partial charge in [0.05, 0.1) is 16.8 Å². The van der Waals surface area contributed by atoms with Crippen molar-refractivity contribution in [3.05, 3.63) is 84.1 Å². The summed E-state index contributed by atoms with van der Waals surface area (Å²) in [4.78, 5) is 11.2. The maximum atomic E-state index is 11.2. The topological polar surface area (TPSA) is 51.5 Å². The summed E-state index contributed by atoms with van der Waals surface area (Å²) >= 11 is 0. The second kappa shape index (κ2) is 8.11. The molecule has 0 fully saturated rings. The Bertz CT molecular complexity index is 1070. The zero-order valence-corrected chi connectivity index (χ0v) is 14.9. The van der Waals surface area contributed by atoms with E-state index in [1.807, 2.05) is 60.8 Å². The Morgan fingerprint density at radius 2 is 2.00 bits per heavy atom. The van der Waals surface area contributed by atoms with Gasteiger partial charge in [-0.05, 0) is 42.8 Å². The van der Waals surface area contributed by atoms with Gasteiger partial charge in [0, 0.05) is 11.6 Å². The van der Waals surface area contributed by atoms with Crippen LogP contribution in [0.3, 0.4) is 0 Å². The molecule has 4 nitrogen and oxygen atoms in total. The predicted molar refractivity (Wildman–Crippen MR) is 107 cm³/mol. The minimum atomic E-state index is -1.02. The quantitative estimate of drug-likeness (QED) is 0.394. The molecule has 0 bridgehead atoms. The number of benzene rings is 2.